The fourth-order valence-electron chi connectivity index (χ4n) is 1.43. The molecule has 1 N–H and O–H groups in total. The van der Waals surface area contributed by atoms with Crippen LogP contribution in [0.5, 0.6) is 0 Å². The van der Waals surface area contributed by atoms with Crippen LogP contribution in [0.25, 0.3) is 10.6 Å². The van der Waals surface area contributed by atoms with Crippen molar-refractivity contribution in [2.45, 2.75) is 13.0 Å². The topological polar surface area (TPSA) is 66.3 Å². The Kier molecular flexibility index (Phi) is 3.57. The first-order valence-electron chi connectivity index (χ1n) is 5.41. The van der Waals surface area contributed by atoms with Gasteiger partial charge in [-0.15, -0.1) is 11.3 Å². The van der Waals surface area contributed by atoms with Crippen LogP contribution in [0.1, 0.15) is 6.92 Å². The van der Waals surface area contributed by atoms with Crippen molar-refractivity contribution in [1.82, 2.24) is 9.97 Å². The predicted molar refractivity (Wildman–Crippen MR) is 70.8 cm³/mol. The molecule has 0 amide bonds. The van der Waals surface area contributed by atoms with Gasteiger partial charge in [0, 0.05) is 7.05 Å². The summed E-state index contributed by atoms with van der Waals surface area (Å²) in [6.45, 7) is 1.61. The molecule has 2 rings (SSSR count). The standard InChI is InChI=1S/C12H13N3O2S/c1-8(12(16)17)15(2)11-7-13-6-9(14-11)10-4-3-5-18-10/h3-8H,1-2H3,(H,16,17). The summed E-state index contributed by atoms with van der Waals surface area (Å²) in [5, 5.41) is 10.9. The molecule has 0 bridgehead atoms. The molecule has 0 saturated carbocycles. The van der Waals surface area contributed by atoms with Gasteiger partial charge in [0.25, 0.3) is 0 Å². The van der Waals surface area contributed by atoms with Gasteiger partial charge in [0.2, 0.25) is 0 Å². The van der Waals surface area contributed by atoms with Crippen molar-refractivity contribution in [2.24, 2.45) is 0 Å². The van der Waals surface area contributed by atoms with Crippen LogP contribution in [0, 0.1) is 0 Å². The zero-order chi connectivity index (χ0) is 13.1. The molecule has 1 unspecified atom stereocenters. The number of thiophene rings is 1. The summed E-state index contributed by atoms with van der Waals surface area (Å²) < 4.78 is 0. The highest BCUT2D eigenvalue weighted by atomic mass is 32.1. The van der Waals surface area contributed by atoms with Crippen molar-refractivity contribution in [3.05, 3.63) is 29.9 Å². The second kappa shape index (κ2) is 5.14. The van der Waals surface area contributed by atoms with E-state index in [0.717, 1.165) is 10.6 Å². The number of hydrogen-bond donors (Lipinski definition) is 1. The van der Waals surface area contributed by atoms with Gasteiger partial charge in [-0.3, -0.25) is 4.98 Å². The summed E-state index contributed by atoms with van der Waals surface area (Å²) in [4.78, 5) is 22.1. The Morgan fingerprint density at radius 1 is 1.50 bits per heavy atom. The number of carboxylic acid groups (broad SMARTS) is 1. The Balaban J connectivity index is 2.30. The van der Waals surface area contributed by atoms with Crippen LogP contribution in [-0.2, 0) is 4.79 Å². The number of hydrogen-bond acceptors (Lipinski definition) is 5. The number of anilines is 1. The molecule has 0 saturated heterocycles. The summed E-state index contributed by atoms with van der Waals surface area (Å²) >= 11 is 1.57. The Hall–Kier alpha value is -1.95. The van der Waals surface area contributed by atoms with Crippen LogP contribution < -0.4 is 4.90 Å². The molecule has 0 aliphatic heterocycles. The second-order valence-corrected chi connectivity index (χ2v) is 4.81. The van der Waals surface area contributed by atoms with Gasteiger partial charge in [0.05, 0.1) is 17.3 Å². The molecule has 6 heteroatoms. The van der Waals surface area contributed by atoms with E-state index in [2.05, 4.69) is 9.97 Å². The van der Waals surface area contributed by atoms with E-state index in [-0.39, 0.29) is 0 Å². The fourth-order valence-corrected chi connectivity index (χ4v) is 2.11. The van der Waals surface area contributed by atoms with Crippen LogP contribution in [0.3, 0.4) is 0 Å². The monoisotopic (exact) mass is 263 g/mol. The van der Waals surface area contributed by atoms with Gasteiger partial charge in [0.15, 0.2) is 0 Å². The van der Waals surface area contributed by atoms with Crippen molar-refractivity contribution >= 4 is 23.1 Å². The molecule has 94 valence electrons. The lowest BCUT2D eigenvalue weighted by atomic mass is 10.3. The molecule has 18 heavy (non-hydrogen) atoms. The summed E-state index contributed by atoms with van der Waals surface area (Å²) in [5.41, 5.74) is 0.756. The molecule has 2 aromatic rings. The molecule has 5 nitrogen and oxygen atoms in total. The van der Waals surface area contributed by atoms with Gasteiger partial charge in [-0.05, 0) is 18.4 Å². The van der Waals surface area contributed by atoms with E-state index in [0.29, 0.717) is 5.82 Å². The lowest BCUT2D eigenvalue weighted by Gasteiger charge is -2.22. The third-order valence-corrected chi connectivity index (χ3v) is 3.59. The summed E-state index contributed by atoms with van der Waals surface area (Å²) in [5.74, 6) is -0.336. The minimum Gasteiger partial charge on any atom is -0.480 e. The van der Waals surface area contributed by atoms with E-state index in [1.165, 1.54) is 0 Å². The molecule has 0 radical (unpaired) electrons. The number of nitrogens with zero attached hydrogens (tertiary/aromatic N) is 3. The van der Waals surface area contributed by atoms with Crippen molar-refractivity contribution in [3.63, 3.8) is 0 Å². The summed E-state index contributed by atoms with van der Waals surface area (Å²) in [7, 11) is 1.70. The van der Waals surface area contributed by atoms with E-state index in [1.807, 2.05) is 17.5 Å². The minimum absolute atomic E-state index is 0.552. The average molecular weight is 263 g/mol. The van der Waals surface area contributed by atoms with Gasteiger partial charge in [-0.25, -0.2) is 9.78 Å². The normalized spacial score (nSPS) is 12.1. The maximum Gasteiger partial charge on any atom is 0.326 e. The predicted octanol–water partition coefficient (Wildman–Crippen LogP) is 2.11. The maximum absolute atomic E-state index is 10.9. The fraction of sp³-hybridized carbons (Fsp3) is 0.250. The highest BCUT2D eigenvalue weighted by Gasteiger charge is 2.18. The van der Waals surface area contributed by atoms with Crippen LogP contribution >= 0.6 is 11.3 Å². The molecule has 0 fully saturated rings. The number of carbonyl (C=O) groups is 1. The second-order valence-electron chi connectivity index (χ2n) is 3.86. The van der Waals surface area contributed by atoms with Crippen LogP contribution in [0.15, 0.2) is 29.9 Å². The first-order chi connectivity index (χ1) is 8.59. The number of aromatic nitrogens is 2. The molecule has 0 spiro atoms. The molecule has 0 aliphatic carbocycles. The van der Waals surface area contributed by atoms with Crippen LogP contribution in [0.2, 0.25) is 0 Å². The van der Waals surface area contributed by atoms with Crippen LogP contribution in [-0.4, -0.2) is 34.1 Å². The average Bonchev–Trinajstić information content (AvgIpc) is 2.91. The SMILES string of the molecule is CC(C(=O)O)N(C)c1cncc(-c2cccs2)n1. The lowest BCUT2D eigenvalue weighted by molar-refractivity contribution is -0.138. The van der Waals surface area contributed by atoms with Gasteiger partial charge >= 0.3 is 5.97 Å². The number of likely N-dealkylation sites (N-methyl/N-ethyl adjacent to an activating group) is 1. The Morgan fingerprint density at radius 3 is 2.89 bits per heavy atom. The molecule has 1 atom stereocenters. The molecule has 2 heterocycles. The molecular weight excluding hydrogens is 250 g/mol. The Morgan fingerprint density at radius 2 is 2.28 bits per heavy atom. The molecular formula is C12H13N3O2S. The van der Waals surface area contributed by atoms with Gasteiger partial charge in [-0.1, -0.05) is 6.07 Å². The molecule has 0 aromatic carbocycles. The molecule has 0 aliphatic rings. The van der Waals surface area contributed by atoms with Crippen molar-refractivity contribution in [2.75, 3.05) is 11.9 Å². The number of rotatable bonds is 4. The van der Waals surface area contributed by atoms with E-state index >= 15 is 0 Å². The van der Waals surface area contributed by atoms with Gasteiger partial charge in [-0.2, -0.15) is 0 Å². The Bertz CT molecular complexity index is 542. The van der Waals surface area contributed by atoms with Gasteiger partial charge < -0.3 is 10.0 Å². The summed E-state index contributed by atoms with van der Waals surface area (Å²) in [6, 6.07) is 3.26. The third-order valence-electron chi connectivity index (χ3n) is 2.70. The highest BCUT2D eigenvalue weighted by Crippen LogP contribution is 2.23. The smallest absolute Gasteiger partial charge is 0.326 e. The zero-order valence-electron chi connectivity index (χ0n) is 10.1. The molecule has 2 aromatic heterocycles. The lowest BCUT2D eigenvalue weighted by Crippen LogP contribution is -2.36. The van der Waals surface area contributed by atoms with E-state index in [4.69, 9.17) is 5.11 Å². The van der Waals surface area contributed by atoms with Crippen molar-refractivity contribution < 1.29 is 9.90 Å². The van der Waals surface area contributed by atoms with Crippen molar-refractivity contribution in [3.8, 4) is 10.6 Å². The van der Waals surface area contributed by atoms with E-state index in [1.54, 1.807) is 42.6 Å². The number of carboxylic acids is 1. The minimum atomic E-state index is -0.888. The highest BCUT2D eigenvalue weighted by molar-refractivity contribution is 7.13. The number of aliphatic carboxylic acids is 1. The largest absolute Gasteiger partial charge is 0.480 e. The van der Waals surface area contributed by atoms with E-state index in [9.17, 15) is 4.79 Å². The third kappa shape index (κ3) is 2.48. The van der Waals surface area contributed by atoms with E-state index < -0.39 is 12.0 Å². The first kappa shape index (κ1) is 12.5. The quantitative estimate of drug-likeness (QED) is 0.915. The Labute approximate surface area is 109 Å². The zero-order valence-corrected chi connectivity index (χ0v) is 10.9. The first-order valence-corrected chi connectivity index (χ1v) is 6.29. The maximum atomic E-state index is 10.9. The van der Waals surface area contributed by atoms with Crippen LogP contribution in [0.4, 0.5) is 5.82 Å². The van der Waals surface area contributed by atoms with Gasteiger partial charge in [0.1, 0.15) is 17.6 Å². The van der Waals surface area contributed by atoms with Crippen molar-refractivity contribution in [1.29, 1.82) is 0 Å². The summed E-state index contributed by atoms with van der Waals surface area (Å²) in [6.07, 6.45) is 3.24.